The summed E-state index contributed by atoms with van der Waals surface area (Å²) in [5.41, 5.74) is -2.71. The summed E-state index contributed by atoms with van der Waals surface area (Å²) < 4.78 is 51.3. The predicted octanol–water partition coefficient (Wildman–Crippen LogP) is 4.94. The quantitative estimate of drug-likeness (QED) is 0.208. The van der Waals surface area contributed by atoms with Crippen molar-refractivity contribution in [3.63, 3.8) is 0 Å². The summed E-state index contributed by atoms with van der Waals surface area (Å²) in [5, 5.41) is 39.0. The van der Waals surface area contributed by atoms with Gasteiger partial charge in [-0.2, -0.15) is 0 Å². The smallest absolute Gasteiger partial charge is 0.311 e. The van der Waals surface area contributed by atoms with Crippen molar-refractivity contribution in [2.75, 3.05) is 28.3 Å². The maximum Gasteiger partial charge on any atom is 0.311 e. The Hall–Kier alpha value is -3.62. The van der Waals surface area contributed by atoms with E-state index < -0.39 is 114 Å². The maximum absolute atomic E-state index is 14.6. The second-order valence-corrected chi connectivity index (χ2v) is 20.3. The van der Waals surface area contributed by atoms with Gasteiger partial charge < -0.3 is 63.4 Å². The fraction of sp³-hybridized carbons (Fsp3) is 0.725. The molecule has 1 aromatic carbocycles. The van der Waals surface area contributed by atoms with Gasteiger partial charge in [-0.15, -0.1) is 0 Å². The number of carbonyl (C=O) groups is 3. The van der Waals surface area contributed by atoms with Crippen LogP contribution < -0.4 is 5.32 Å². The van der Waals surface area contributed by atoms with Gasteiger partial charge in [-0.1, -0.05) is 51.1 Å². The molecule has 5 rings (SSSR count). The number of esters is 2. The SMILES string of the molecule is CC[C@H]1OC(=O)[C@H](C)[C@H](O[C@H]2C[C@@](C)(OC)[C@@H](OC(=O)C/C=C/c3cnc4ccccc4c3)[C@H](C)O2)[C@H](C)[C@@H](O[C@@H]2O[C@H](C)C[C@H](N(C)C)[C@H]2O)[C@@](C)(OC)C[C@@H](C)NC(=O)[C@H](C)[C@@H](O)[C@]1(C)O. The zero-order valence-electron chi connectivity index (χ0n) is 42.5. The van der Waals surface area contributed by atoms with Crippen molar-refractivity contribution in [3.05, 3.63) is 48.2 Å². The number of aliphatic hydroxyl groups excluding tert-OH is 2. The fourth-order valence-electron chi connectivity index (χ4n) is 10.3. The van der Waals surface area contributed by atoms with E-state index in [0.29, 0.717) is 6.42 Å². The first-order valence-corrected chi connectivity index (χ1v) is 24.1. The van der Waals surface area contributed by atoms with Crippen LogP contribution in [-0.2, 0) is 52.3 Å². The average Bonchev–Trinajstić information content (AvgIpc) is 3.29. The van der Waals surface area contributed by atoms with Crippen LogP contribution in [0.2, 0.25) is 0 Å². The van der Waals surface area contributed by atoms with Gasteiger partial charge in [0.2, 0.25) is 5.91 Å². The third-order valence-corrected chi connectivity index (χ3v) is 14.6. The number of aliphatic hydroxyl groups is 3. The summed E-state index contributed by atoms with van der Waals surface area (Å²) in [6.07, 6.45) is -3.98. The molecule has 17 heteroatoms. The number of pyridine rings is 1. The first-order chi connectivity index (χ1) is 31.9. The molecule has 0 radical (unpaired) electrons. The summed E-state index contributed by atoms with van der Waals surface area (Å²) in [5.74, 6) is -4.75. The summed E-state index contributed by atoms with van der Waals surface area (Å²) in [4.78, 5) is 48.1. The number of nitrogens with one attached hydrogen (secondary N) is 1. The monoisotopic (exact) mass is 958 g/mol. The lowest BCUT2D eigenvalue weighted by molar-refractivity contribution is -0.319. The van der Waals surface area contributed by atoms with Gasteiger partial charge in [-0.25, -0.2) is 0 Å². The van der Waals surface area contributed by atoms with Crippen LogP contribution in [0.5, 0.6) is 0 Å². The molecule has 18 atom stereocenters. The Balaban J connectivity index is 1.49. The van der Waals surface area contributed by atoms with E-state index in [1.54, 1.807) is 40.0 Å². The third-order valence-electron chi connectivity index (χ3n) is 14.6. The van der Waals surface area contributed by atoms with Crippen LogP contribution in [0.15, 0.2) is 42.6 Å². The number of nitrogens with zero attached hydrogens (tertiary/aromatic N) is 2. The lowest BCUT2D eigenvalue weighted by Gasteiger charge is -2.50. The summed E-state index contributed by atoms with van der Waals surface area (Å²) >= 11 is 0. The zero-order chi connectivity index (χ0) is 50.5. The van der Waals surface area contributed by atoms with E-state index in [1.807, 2.05) is 83.1 Å². The molecule has 3 fully saturated rings. The number of hydrogen-bond donors (Lipinski definition) is 4. The zero-order valence-corrected chi connectivity index (χ0v) is 42.5. The second-order valence-electron chi connectivity index (χ2n) is 20.3. The lowest BCUT2D eigenvalue weighted by atomic mass is 9.78. The van der Waals surface area contributed by atoms with E-state index >= 15 is 0 Å². The Kier molecular flexibility index (Phi) is 18.8. The number of amides is 1. The van der Waals surface area contributed by atoms with Crippen molar-refractivity contribution in [2.24, 2.45) is 17.8 Å². The molecule has 382 valence electrons. The summed E-state index contributed by atoms with van der Waals surface area (Å²) in [6.45, 7) is 17.1. The van der Waals surface area contributed by atoms with Gasteiger partial charge in [0, 0.05) is 50.2 Å². The fourth-order valence-corrected chi connectivity index (χ4v) is 10.3. The minimum absolute atomic E-state index is 0.0218. The molecular weight excluding hydrogens is 879 g/mol. The molecule has 0 bridgehead atoms. The minimum Gasteiger partial charge on any atom is -0.459 e. The number of hydrogen-bond acceptors (Lipinski definition) is 16. The molecule has 17 nitrogen and oxygen atoms in total. The Morgan fingerprint density at radius 3 is 2.25 bits per heavy atom. The molecule has 4 heterocycles. The predicted molar refractivity (Wildman–Crippen MR) is 254 cm³/mol. The molecule has 4 N–H and O–H groups in total. The Bertz CT molecular complexity index is 2040. The number of aromatic nitrogens is 1. The number of cyclic esters (lactones) is 1. The maximum atomic E-state index is 14.6. The summed E-state index contributed by atoms with van der Waals surface area (Å²) in [6, 6.07) is 8.88. The van der Waals surface area contributed by atoms with E-state index in [4.69, 9.17) is 37.9 Å². The van der Waals surface area contributed by atoms with E-state index in [-0.39, 0.29) is 37.8 Å². The van der Waals surface area contributed by atoms with E-state index in [0.717, 1.165) is 16.5 Å². The van der Waals surface area contributed by atoms with Crippen LogP contribution in [0.25, 0.3) is 17.0 Å². The molecule has 2 aromatic rings. The Morgan fingerprint density at radius 1 is 0.941 bits per heavy atom. The second kappa shape index (κ2) is 23.1. The van der Waals surface area contributed by atoms with Crippen molar-refractivity contribution >= 4 is 34.8 Å². The van der Waals surface area contributed by atoms with Crippen LogP contribution in [-0.4, -0.2) is 162 Å². The van der Waals surface area contributed by atoms with E-state index in [2.05, 4.69) is 10.3 Å². The largest absolute Gasteiger partial charge is 0.459 e. The van der Waals surface area contributed by atoms with Crippen molar-refractivity contribution < 1.29 is 67.6 Å². The van der Waals surface area contributed by atoms with Gasteiger partial charge in [0.25, 0.3) is 0 Å². The number of likely N-dealkylation sites (N-methyl/N-ethyl adjacent to an activating group) is 1. The van der Waals surface area contributed by atoms with Crippen LogP contribution >= 0.6 is 0 Å². The van der Waals surface area contributed by atoms with Gasteiger partial charge in [-0.3, -0.25) is 19.4 Å². The molecule has 3 saturated heterocycles. The molecule has 3 aliphatic heterocycles. The highest BCUT2D eigenvalue weighted by Crippen LogP contribution is 2.41. The van der Waals surface area contributed by atoms with Crippen molar-refractivity contribution in [2.45, 2.75) is 192 Å². The molecule has 0 aliphatic carbocycles. The lowest BCUT2D eigenvalue weighted by Crippen LogP contribution is -2.61. The van der Waals surface area contributed by atoms with Crippen LogP contribution in [0.4, 0.5) is 0 Å². The highest BCUT2D eigenvalue weighted by Gasteiger charge is 2.54. The number of rotatable bonds is 12. The molecule has 68 heavy (non-hydrogen) atoms. The Labute approximate surface area is 402 Å². The molecule has 0 saturated carbocycles. The van der Waals surface area contributed by atoms with E-state index in [9.17, 15) is 29.7 Å². The van der Waals surface area contributed by atoms with E-state index in [1.165, 1.54) is 28.1 Å². The molecule has 0 unspecified atom stereocenters. The van der Waals surface area contributed by atoms with Crippen LogP contribution in [0.1, 0.15) is 107 Å². The van der Waals surface area contributed by atoms with Crippen molar-refractivity contribution in [1.29, 1.82) is 0 Å². The van der Waals surface area contributed by atoms with Crippen LogP contribution in [0.3, 0.4) is 0 Å². The molecule has 1 amide bonds. The molecule has 0 spiro atoms. The van der Waals surface area contributed by atoms with Crippen molar-refractivity contribution in [1.82, 2.24) is 15.2 Å². The molecular formula is C51H79N3O14. The van der Waals surface area contributed by atoms with Crippen LogP contribution in [0, 0.1) is 17.8 Å². The number of carbonyl (C=O) groups excluding carboxylic acids is 3. The topological polar surface area (TPSA) is 214 Å². The first kappa shape index (κ1) is 55.3. The number of fused-ring (bicyclic) bond motifs is 1. The highest BCUT2D eigenvalue weighted by atomic mass is 16.7. The number of benzene rings is 1. The summed E-state index contributed by atoms with van der Waals surface area (Å²) in [7, 11) is 6.79. The van der Waals surface area contributed by atoms with Gasteiger partial charge >= 0.3 is 11.9 Å². The third kappa shape index (κ3) is 12.6. The van der Waals surface area contributed by atoms with Gasteiger partial charge in [0.15, 0.2) is 18.7 Å². The highest BCUT2D eigenvalue weighted by molar-refractivity contribution is 5.81. The standard InChI is InChI=1S/C51H79N3O14/c1-15-38-51(10,60)43(57)32(6)46(58)53-28(2)25-49(8,61-13)44(68-48-41(56)37(54(11)12)23-29(3)63-48)30(4)42(31(5)47(59)65-38)67-40-26-50(9,62-14)45(33(7)64-40)66-39(55)22-18-19-34-24-35-20-16-17-21-36(35)52-27-34/h16-21,24,27-33,37-38,40-45,48,56-57,60H,15,22-23,25-26H2,1-14H3,(H,53,58)/b19-18+/t28-,29-,30+,31-,32-,33+,37+,38-,40+,41-,42-,43-,44-,45+,48+,49+,50-,51-/m1/s1. The Morgan fingerprint density at radius 2 is 1.60 bits per heavy atom. The number of ether oxygens (including phenoxy) is 8. The van der Waals surface area contributed by atoms with Gasteiger partial charge in [0.05, 0.1) is 59.9 Å². The molecule has 3 aliphatic rings. The first-order valence-electron chi connectivity index (χ1n) is 24.1. The number of methoxy groups -OCH3 is 2. The average molecular weight is 958 g/mol. The normalized spacial score (nSPS) is 40.4. The minimum atomic E-state index is -2.04. The van der Waals surface area contributed by atoms with Gasteiger partial charge in [-0.05, 0) is 99.5 Å². The molecule has 1 aromatic heterocycles. The van der Waals surface area contributed by atoms with Gasteiger partial charge in [0.1, 0.15) is 23.4 Å². The number of para-hydroxylation sites is 1. The van der Waals surface area contributed by atoms with Crippen molar-refractivity contribution in [3.8, 4) is 0 Å².